The van der Waals surface area contributed by atoms with Crippen molar-refractivity contribution in [3.8, 4) is 0 Å². The topological polar surface area (TPSA) is 72.8 Å². The van der Waals surface area contributed by atoms with Gasteiger partial charge in [0.25, 0.3) is 0 Å². The molecule has 0 heterocycles. The number of benzene rings is 1. The van der Waals surface area contributed by atoms with Crippen LogP contribution in [0.1, 0.15) is 63.9 Å². The van der Waals surface area contributed by atoms with Gasteiger partial charge in [0.15, 0.2) is 0 Å². The Hall–Kier alpha value is -2.04. The van der Waals surface area contributed by atoms with E-state index in [0.29, 0.717) is 6.42 Å². The first-order valence-electron chi connectivity index (χ1n) is 8.73. The van der Waals surface area contributed by atoms with E-state index in [-0.39, 0.29) is 6.61 Å². The summed E-state index contributed by atoms with van der Waals surface area (Å²) < 4.78 is 9.87. The largest absolute Gasteiger partial charge is 0.509 e. The second-order valence-electron chi connectivity index (χ2n) is 5.88. The summed E-state index contributed by atoms with van der Waals surface area (Å²) >= 11 is 0. The molecule has 5 nitrogen and oxygen atoms in total. The number of hydrogen-bond donors (Lipinski definition) is 1. The predicted molar refractivity (Wildman–Crippen MR) is 91.7 cm³/mol. The zero-order valence-corrected chi connectivity index (χ0v) is 14.4. The maximum Gasteiger partial charge on any atom is 0.509 e. The normalized spacial score (nSPS) is 11.7. The van der Waals surface area contributed by atoms with Crippen molar-refractivity contribution < 1.29 is 24.2 Å². The van der Waals surface area contributed by atoms with E-state index in [1.54, 1.807) is 0 Å². The molecule has 24 heavy (non-hydrogen) atoms. The number of rotatable bonds is 12. The Kier molecular flexibility index (Phi) is 10.3. The molecule has 0 bridgehead atoms. The van der Waals surface area contributed by atoms with Crippen molar-refractivity contribution >= 4 is 12.1 Å². The molecule has 134 valence electrons. The molecule has 1 aromatic carbocycles. The summed E-state index contributed by atoms with van der Waals surface area (Å²) in [5, 5.41) is 9.15. The Morgan fingerprint density at radius 2 is 1.62 bits per heavy atom. The first kappa shape index (κ1) is 20.0. The van der Waals surface area contributed by atoms with Crippen molar-refractivity contribution in [3.63, 3.8) is 0 Å². The van der Waals surface area contributed by atoms with Crippen LogP contribution in [0.2, 0.25) is 0 Å². The minimum absolute atomic E-state index is 0.0729. The van der Waals surface area contributed by atoms with Gasteiger partial charge in [-0.05, 0) is 18.4 Å². The lowest BCUT2D eigenvalue weighted by Crippen LogP contribution is -2.27. The van der Waals surface area contributed by atoms with Crippen LogP contribution in [0.4, 0.5) is 4.79 Å². The van der Waals surface area contributed by atoms with E-state index in [1.807, 2.05) is 30.3 Å². The maximum absolute atomic E-state index is 11.6. The Labute approximate surface area is 144 Å². The van der Waals surface area contributed by atoms with E-state index < -0.39 is 18.2 Å². The van der Waals surface area contributed by atoms with Gasteiger partial charge in [-0.2, -0.15) is 0 Å². The van der Waals surface area contributed by atoms with Crippen LogP contribution in [0.5, 0.6) is 0 Å². The second kappa shape index (κ2) is 12.4. The van der Waals surface area contributed by atoms with Crippen LogP contribution in [-0.2, 0) is 20.9 Å². The predicted octanol–water partition coefficient (Wildman–Crippen LogP) is 4.93. The number of carbonyl (C=O) groups excluding carboxylic acids is 1. The highest BCUT2D eigenvalue weighted by Gasteiger charge is 2.22. The molecule has 1 unspecified atom stereocenters. The minimum atomic E-state index is -1.14. The van der Waals surface area contributed by atoms with Gasteiger partial charge in [-0.25, -0.2) is 9.59 Å². The first-order valence-corrected chi connectivity index (χ1v) is 8.73. The van der Waals surface area contributed by atoms with Crippen molar-refractivity contribution in [1.82, 2.24) is 0 Å². The fourth-order valence-corrected chi connectivity index (χ4v) is 2.39. The van der Waals surface area contributed by atoms with Gasteiger partial charge in [-0.1, -0.05) is 75.8 Å². The second-order valence-corrected chi connectivity index (χ2v) is 5.88. The molecular weight excluding hydrogens is 308 g/mol. The summed E-state index contributed by atoms with van der Waals surface area (Å²) in [5.41, 5.74) is 0.827. The highest BCUT2D eigenvalue weighted by atomic mass is 16.7. The van der Waals surface area contributed by atoms with Crippen LogP contribution < -0.4 is 0 Å². The Bertz CT molecular complexity index is 472. The molecule has 1 aromatic rings. The number of aliphatic carboxylic acids is 1. The molecule has 0 aliphatic rings. The summed E-state index contributed by atoms with van der Waals surface area (Å²) in [6.45, 7) is 2.25. The van der Waals surface area contributed by atoms with Crippen LogP contribution in [0, 0.1) is 0 Å². The van der Waals surface area contributed by atoms with Crippen molar-refractivity contribution in [2.75, 3.05) is 0 Å². The van der Waals surface area contributed by atoms with Crippen LogP contribution in [0.25, 0.3) is 0 Å². The van der Waals surface area contributed by atoms with Gasteiger partial charge in [-0.15, -0.1) is 0 Å². The van der Waals surface area contributed by atoms with Gasteiger partial charge in [0.1, 0.15) is 6.61 Å². The zero-order valence-electron chi connectivity index (χ0n) is 14.4. The average Bonchev–Trinajstić information content (AvgIpc) is 2.59. The molecule has 0 saturated heterocycles. The molecule has 0 aliphatic heterocycles. The lowest BCUT2D eigenvalue weighted by molar-refractivity contribution is -0.148. The van der Waals surface area contributed by atoms with Crippen molar-refractivity contribution in [2.24, 2.45) is 0 Å². The first-order chi connectivity index (χ1) is 11.6. The molecule has 0 amide bonds. The molecule has 5 heteroatoms. The van der Waals surface area contributed by atoms with Gasteiger partial charge in [0.2, 0.25) is 6.10 Å². The Morgan fingerprint density at radius 3 is 2.25 bits per heavy atom. The standard InChI is InChI=1S/C19H28O5/c1-2-3-4-5-6-7-11-14-17(18(20)21)24-19(22)23-15-16-12-9-8-10-13-16/h8-10,12-13,17H,2-7,11,14-15H2,1H3,(H,20,21). The number of carboxylic acids is 1. The molecule has 1 N–H and O–H groups in total. The van der Waals surface area contributed by atoms with Crippen LogP contribution in [0.15, 0.2) is 30.3 Å². The summed E-state index contributed by atoms with van der Waals surface area (Å²) in [6, 6.07) is 9.18. The molecule has 1 atom stereocenters. The molecule has 0 radical (unpaired) electrons. The van der Waals surface area contributed by atoms with E-state index in [2.05, 4.69) is 6.92 Å². The highest BCUT2D eigenvalue weighted by molar-refractivity contribution is 5.75. The third-order valence-corrected chi connectivity index (χ3v) is 3.78. The monoisotopic (exact) mass is 336 g/mol. The molecule has 0 aliphatic carbocycles. The zero-order chi connectivity index (χ0) is 17.6. The van der Waals surface area contributed by atoms with Gasteiger partial charge in [-0.3, -0.25) is 0 Å². The molecule has 0 saturated carbocycles. The molecule has 1 rings (SSSR count). The summed E-state index contributed by atoms with van der Waals surface area (Å²) in [7, 11) is 0. The van der Waals surface area contributed by atoms with Gasteiger partial charge >= 0.3 is 12.1 Å². The van der Waals surface area contributed by atoms with Gasteiger partial charge in [0.05, 0.1) is 0 Å². The van der Waals surface area contributed by atoms with E-state index >= 15 is 0 Å². The quantitative estimate of drug-likeness (QED) is 0.432. The number of carboxylic acid groups (broad SMARTS) is 1. The highest BCUT2D eigenvalue weighted by Crippen LogP contribution is 2.12. The van der Waals surface area contributed by atoms with E-state index in [1.165, 1.54) is 25.7 Å². The number of hydrogen-bond acceptors (Lipinski definition) is 4. The summed E-state index contributed by atoms with van der Waals surface area (Å²) in [6.07, 6.45) is 5.87. The fourth-order valence-electron chi connectivity index (χ4n) is 2.39. The molecule has 0 aromatic heterocycles. The Morgan fingerprint density at radius 1 is 1.00 bits per heavy atom. The fraction of sp³-hybridized carbons (Fsp3) is 0.579. The van der Waals surface area contributed by atoms with E-state index in [9.17, 15) is 9.59 Å². The van der Waals surface area contributed by atoms with Crippen LogP contribution in [-0.4, -0.2) is 23.3 Å². The van der Waals surface area contributed by atoms with Gasteiger partial charge in [0, 0.05) is 0 Å². The van der Waals surface area contributed by atoms with Crippen LogP contribution >= 0.6 is 0 Å². The number of unbranched alkanes of at least 4 members (excludes halogenated alkanes) is 6. The molecule has 0 fully saturated rings. The average molecular weight is 336 g/mol. The smallest absolute Gasteiger partial charge is 0.479 e. The third kappa shape index (κ3) is 9.18. The van der Waals surface area contributed by atoms with Crippen LogP contribution in [0.3, 0.4) is 0 Å². The third-order valence-electron chi connectivity index (χ3n) is 3.78. The Balaban J connectivity index is 2.22. The molecule has 0 spiro atoms. The van der Waals surface area contributed by atoms with Gasteiger partial charge < -0.3 is 14.6 Å². The van der Waals surface area contributed by atoms with Crippen molar-refractivity contribution in [3.05, 3.63) is 35.9 Å². The maximum atomic E-state index is 11.6. The van der Waals surface area contributed by atoms with E-state index in [4.69, 9.17) is 14.6 Å². The minimum Gasteiger partial charge on any atom is -0.479 e. The SMILES string of the molecule is CCCCCCCCCC(OC(=O)OCc1ccccc1)C(=O)O. The number of ether oxygens (including phenoxy) is 2. The lowest BCUT2D eigenvalue weighted by Gasteiger charge is -2.13. The summed E-state index contributed by atoms with van der Waals surface area (Å²) in [4.78, 5) is 22.8. The lowest BCUT2D eigenvalue weighted by atomic mass is 10.1. The van der Waals surface area contributed by atoms with E-state index in [0.717, 1.165) is 24.8 Å². The molecular formula is C19H28O5. The van der Waals surface area contributed by atoms with Crippen molar-refractivity contribution in [2.45, 2.75) is 71.0 Å². The summed E-state index contributed by atoms with van der Waals surface area (Å²) in [5.74, 6) is -1.13. The van der Waals surface area contributed by atoms with Crippen molar-refractivity contribution in [1.29, 1.82) is 0 Å². The number of carbonyl (C=O) groups is 2.